The quantitative estimate of drug-likeness (QED) is 0.707. The van der Waals surface area contributed by atoms with E-state index >= 15 is 0 Å². The van der Waals surface area contributed by atoms with Crippen molar-refractivity contribution in [1.82, 2.24) is 5.32 Å². The lowest BCUT2D eigenvalue weighted by atomic mass is 9.96. The number of anilines is 1. The minimum atomic E-state index is -0.861. The van der Waals surface area contributed by atoms with Crippen molar-refractivity contribution in [3.63, 3.8) is 0 Å². The predicted octanol–water partition coefficient (Wildman–Crippen LogP) is 2.55. The molecule has 0 aromatic heterocycles. The molecule has 4 rings (SSSR count). The molecule has 2 aromatic rings. The molecule has 2 amide bonds. The van der Waals surface area contributed by atoms with Crippen molar-refractivity contribution in [3.05, 3.63) is 64.4 Å². The maximum absolute atomic E-state index is 13.5. The summed E-state index contributed by atoms with van der Waals surface area (Å²) in [6, 6.07) is 11.3. The highest BCUT2D eigenvalue weighted by Gasteiger charge is 2.61. The first-order valence-corrected chi connectivity index (χ1v) is 8.69. The van der Waals surface area contributed by atoms with Crippen LogP contribution >= 0.6 is 11.6 Å². The molecule has 26 heavy (non-hydrogen) atoms. The van der Waals surface area contributed by atoms with E-state index in [9.17, 15) is 14.0 Å². The highest BCUT2D eigenvalue weighted by molar-refractivity contribution is 6.39. The molecule has 0 bridgehead atoms. The number of carbonyl (C=O) groups excluding carboxylic acids is 2. The molecular weight excluding hydrogens is 357 g/mol. The number of rotatable bonds is 2. The molecule has 0 radical (unpaired) electrons. The summed E-state index contributed by atoms with van der Waals surface area (Å²) in [7, 11) is 0. The van der Waals surface area contributed by atoms with Gasteiger partial charge in [-0.1, -0.05) is 35.9 Å². The van der Waals surface area contributed by atoms with Gasteiger partial charge in [0.2, 0.25) is 0 Å². The molecular formula is C19H17ClFN3O2. The van der Waals surface area contributed by atoms with E-state index in [0.29, 0.717) is 0 Å². The lowest BCUT2D eigenvalue weighted by molar-refractivity contribution is -0.136. The molecule has 1 saturated carbocycles. The summed E-state index contributed by atoms with van der Waals surface area (Å²) in [4.78, 5) is 24.6. The predicted molar refractivity (Wildman–Crippen MR) is 96.1 cm³/mol. The summed E-state index contributed by atoms with van der Waals surface area (Å²) in [6.45, 7) is 0. The van der Waals surface area contributed by atoms with E-state index in [1.807, 2.05) is 24.3 Å². The number of amides is 2. The SMILES string of the molecule is NC1CC12Cc1ccccc1[C@@H]2NC(=O)C(=O)Nc1ccc(Cl)c(F)c1. The van der Waals surface area contributed by atoms with Crippen molar-refractivity contribution in [2.75, 3.05) is 5.32 Å². The minimum Gasteiger partial charge on any atom is -0.340 e. The van der Waals surface area contributed by atoms with Gasteiger partial charge in [-0.2, -0.15) is 0 Å². The molecule has 134 valence electrons. The standard InChI is InChI=1S/C19H17ClFN3O2/c20-13-6-5-11(7-14(13)21)23-17(25)18(26)24-16-12-4-2-1-3-10(12)8-19(16)9-15(19)22/h1-7,15-16H,8-9,22H2,(H,23,25)(H,24,26)/t15?,16-,19?/m0/s1. The maximum Gasteiger partial charge on any atom is 0.313 e. The molecule has 3 atom stereocenters. The molecule has 1 fully saturated rings. The molecule has 2 aromatic carbocycles. The fourth-order valence-corrected chi connectivity index (χ4v) is 3.93. The molecule has 2 aliphatic rings. The Kier molecular flexibility index (Phi) is 3.97. The maximum atomic E-state index is 13.5. The van der Waals surface area contributed by atoms with Crippen LogP contribution < -0.4 is 16.4 Å². The number of benzene rings is 2. The summed E-state index contributed by atoms with van der Waals surface area (Å²) >= 11 is 5.61. The van der Waals surface area contributed by atoms with Gasteiger partial charge in [-0.25, -0.2) is 4.39 Å². The Morgan fingerprint density at radius 2 is 1.92 bits per heavy atom. The zero-order valence-corrected chi connectivity index (χ0v) is 14.5. The lowest BCUT2D eigenvalue weighted by Crippen LogP contribution is -2.41. The topological polar surface area (TPSA) is 84.2 Å². The largest absolute Gasteiger partial charge is 0.340 e. The molecule has 7 heteroatoms. The van der Waals surface area contributed by atoms with Gasteiger partial charge in [0.15, 0.2) is 0 Å². The number of nitrogens with two attached hydrogens (primary N) is 1. The Balaban J connectivity index is 1.50. The van der Waals surface area contributed by atoms with Gasteiger partial charge in [0, 0.05) is 17.1 Å². The Hall–Kier alpha value is -2.44. The van der Waals surface area contributed by atoms with E-state index in [0.717, 1.165) is 30.0 Å². The van der Waals surface area contributed by atoms with Gasteiger partial charge >= 0.3 is 11.8 Å². The third-order valence-corrected chi connectivity index (χ3v) is 5.60. The van der Waals surface area contributed by atoms with E-state index in [1.165, 1.54) is 12.1 Å². The highest BCUT2D eigenvalue weighted by Crippen LogP contribution is 2.60. The summed E-state index contributed by atoms with van der Waals surface area (Å²) in [6.07, 6.45) is 1.59. The van der Waals surface area contributed by atoms with E-state index in [1.54, 1.807) is 0 Å². The van der Waals surface area contributed by atoms with Crippen LogP contribution in [0.5, 0.6) is 0 Å². The van der Waals surface area contributed by atoms with Crippen molar-refractivity contribution in [3.8, 4) is 0 Å². The zero-order valence-electron chi connectivity index (χ0n) is 13.8. The number of halogens is 2. The average Bonchev–Trinajstić information content (AvgIpc) is 3.14. The van der Waals surface area contributed by atoms with Crippen LogP contribution in [-0.2, 0) is 16.0 Å². The first kappa shape index (κ1) is 17.0. The Morgan fingerprint density at radius 3 is 2.62 bits per heavy atom. The second kappa shape index (κ2) is 6.07. The van der Waals surface area contributed by atoms with Crippen LogP contribution in [0.1, 0.15) is 23.6 Å². The van der Waals surface area contributed by atoms with Crippen LogP contribution in [0.2, 0.25) is 5.02 Å². The van der Waals surface area contributed by atoms with E-state index in [-0.39, 0.29) is 28.2 Å². The average molecular weight is 374 g/mol. The first-order valence-electron chi connectivity index (χ1n) is 8.31. The zero-order chi connectivity index (χ0) is 18.5. The van der Waals surface area contributed by atoms with Crippen molar-refractivity contribution < 1.29 is 14.0 Å². The molecule has 1 spiro atoms. The molecule has 0 heterocycles. The van der Waals surface area contributed by atoms with Gasteiger partial charge in [0.05, 0.1) is 11.1 Å². The summed E-state index contributed by atoms with van der Waals surface area (Å²) < 4.78 is 13.5. The fraction of sp³-hybridized carbons (Fsp3) is 0.263. The summed E-state index contributed by atoms with van der Waals surface area (Å²) in [5.74, 6) is -2.31. The van der Waals surface area contributed by atoms with E-state index in [2.05, 4.69) is 10.6 Å². The molecule has 0 aliphatic heterocycles. The number of hydrogen-bond donors (Lipinski definition) is 3. The van der Waals surface area contributed by atoms with Crippen LogP contribution in [0.25, 0.3) is 0 Å². The number of carbonyl (C=O) groups is 2. The van der Waals surface area contributed by atoms with Crippen LogP contribution in [-0.4, -0.2) is 17.9 Å². The minimum absolute atomic E-state index is 0.00591. The second-order valence-corrected chi connectivity index (χ2v) is 7.32. The smallest absolute Gasteiger partial charge is 0.313 e. The molecule has 2 aliphatic carbocycles. The highest BCUT2D eigenvalue weighted by atomic mass is 35.5. The van der Waals surface area contributed by atoms with Gasteiger partial charge in [0.25, 0.3) is 0 Å². The van der Waals surface area contributed by atoms with Gasteiger partial charge in [0.1, 0.15) is 5.82 Å². The van der Waals surface area contributed by atoms with E-state index in [4.69, 9.17) is 17.3 Å². The van der Waals surface area contributed by atoms with Crippen LogP contribution in [0.3, 0.4) is 0 Å². The number of nitrogens with one attached hydrogen (secondary N) is 2. The third-order valence-electron chi connectivity index (χ3n) is 5.30. The van der Waals surface area contributed by atoms with Crippen LogP contribution in [0.4, 0.5) is 10.1 Å². The van der Waals surface area contributed by atoms with Crippen molar-refractivity contribution in [2.24, 2.45) is 11.1 Å². The van der Waals surface area contributed by atoms with Gasteiger partial charge in [-0.05, 0) is 42.2 Å². The second-order valence-electron chi connectivity index (χ2n) is 6.91. The van der Waals surface area contributed by atoms with Crippen molar-refractivity contribution in [2.45, 2.75) is 24.9 Å². The molecule has 5 nitrogen and oxygen atoms in total. The number of fused-ring (bicyclic) bond motifs is 1. The van der Waals surface area contributed by atoms with Gasteiger partial charge in [-0.3, -0.25) is 9.59 Å². The van der Waals surface area contributed by atoms with Crippen LogP contribution in [0.15, 0.2) is 42.5 Å². The Bertz CT molecular complexity index is 919. The van der Waals surface area contributed by atoms with Crippen molar-refractivity contribution in [1.29, 1.82) is 0 Å². The number of hydrogen-bond acceptors (Lipinski definition) is 3. The summed E-state index contributed by atoms with van der Waals surface area (Å²) in [5.41, 5.74) is 8.22. The molecule has 0 saturated heterocycles. The Morgan fingerprint density at radius 1 is 1.19 bits per heavy atom. The molecule has 4 N–H and O–H groups in total. The van der Waals surface area contributed by atoms with Gasteiger partial charge < -0.3 is 16.4 Å². The van der Waals surface area contributed by atoms with Crippen LogP contribution in [0, 0.1) is 11.2 Å². The fourth-order valence-electron chi connectivity index (χ4n) is 3.81. The summed E-state index contributed by atoms with van der Waals surface area (Å²) in [5, 5.41) is 5.14. The lowest BCUT2D eigenvalue weighted by Gasteiger charge is -2.22. The normalized spacial score (nSPS) is 25.7. The van der Waals surface area contributed by atoms with Crippen molar-refractivity contribution >= 4 is 29.1 Å². The first-order chi connectivity index (χ1) is 12.4. The molecule has 2 unspecified atom stereocenters. The Labute approximate surface area is 154 Å². The monoisotopic (exact) mass is 373 g/mol. The third kappa shape index (κ3) is 2.75. The van der Waals surface area contributed by atoms with Gasteiger partial charge in [-0.15, -0.1) is 0 Å². The van der Waals surface area contributed by atoms with E-state index < -0.39 is 17.6 Å².